The fourth-order valence-corrected chi connectivity index (χ4v) is 4.90. The first-order valence-corrected chi connectivity index (χ1v) is 11.9. The first-order valence-electron chi connectivity index (χ1n) is 11.5. The minimum Gasteiger partial charge on any atom is -0.387 e. The minimum absolute atomic E-state index is 0.110. The molecule has 2 N–H and O–H groups in total. The zero-order valence-electron chi connectivity index (χ0n) is 19.2. The van der Waals surface area contributed by atoms with Crippen molar-refractivity contribution in [3.05, 3.63) is 52.4 Å². The molecule has 1 saturated heterocycles. The van der Waals surface area contributed by atoms with E-state index in [0.717, 1.165) is 22.6 Å². The number of halogens is 1. The largest absolute Gasteiger partial charge is 0.387 e. The van der Waals surface area contributed by atoms with Crippen LogP contribution in [0.15, 0.2) is 30.6 Å². The van der Waals surface area contributed by atoms with Crippen LogP contribution < -0.4 is 10.2 Å². The maximum atomic E-state index is 13.5. The van der Waals surface area contributed by atoms with E-state index >= 15 is 0 Å². The molecule has 1 amide bonds. The van der Waals surface area contributed by atoms with Gasteiger partial charge in [-0.25, -0.2) is 9.97 Å². The highest BCUT2D eigenvalue weighted by atomic mass is 35.5. The van der Waals surface area contributed by atoms with Gasteiger partial charge < -0.3 is 25.0 Å². The Labute approximate surface area is 199 Å². The Balaban J connectivity index is 1.44. The fourth-order valence-electron chi connectivity index (χ4n) is 4.78. The standard InChI is InChI=1S/C24H32ClN5O3/c1-16-13-20(31)22-21(16)23(28-15-27-22)29-8-10-30(11-9-29)24(32)19(14-26-7-12-33-2)17-3-5-18(25)6-4-17/h3-6,15-16,19-20,26,31H,7-14H2,1-2H3/t16-,19-,20-/m1/s1. The summed E-state index contributed by atoms with van der Waals surface area (Å²) in [6.07, 6.45) is 1.69. The summed E-state index contributed by atoms with van der Waals surface area (Å²) in [4.78, 5) is 26.5. The third-order valence-electron chi connectivity index (χ3n) is 6.57. The molecule has 0 bridgehead atoms. The number of ether oxygens (including phenoxy) is 1. The normalized spacial score (nSPS) is 21.2. The topological polar surface area (TPSA) is 90.8 Å². The van der Waals surface area contributed by atoms with Gasteiger partial charge in [0.25, 0.3) is 0 Å². The van der Waals surface area contributed by atoms with Crippen molar-refractivity contribution in [2.24, 2.45) is 0 Å². The molecule has 1 aromatic carbocycles. The predicted molar refractivity (Wildman–Crippen MR) is 128 cm³/mol. The average Bonchev–Trinajstić information content (AvgIpc) is 3.13. The van der Waals surface area contributed by atoms with Gasteiger partial charge in [0.15, 0.2) is 0 Å². The van der Waals surface area contributed by atoms with Crippen LogP contribution >= 0.6 is 11.6 Å². The number of amides is 1. The quantitative estimate of drug-likeness (QED) is 0.568. The zero-order valence-corrected chi connectivity index (χ0v) is 20.0. The summed E-state index contributed by atoms with van der Waals surface area (Å²) in [5, 5.41) is 14.3. The monoisotopic (exact) mass is 473 g/mol. The molecule has 1 aliphatic carbocycles. The molecule has 0 radical (unpaired) electrons. The lowest BCUT2D eigenvalue weighted by atomic mass is 9.97. The van der Waals surface area contributed by atoms with E-state index in [4.69, 9.17) is 16.3 Å². The van der Waals surface area contributed by atoms with Crippen LogP contribution in [0.4, 0.5) is 5.82 Å². The lowest BCUT2D eigenvalue weighted by Gasteiger charge is -2.38. The second kappa shape index (κ2) is 10.8. The zero-order chi connectivity index (χ0) is 23.4. The van der Waals surface area contributed by atoms with Crippen LogP contribution in [0.1, 0.15) is 48.1 Å². The SMILES string of the molecule is COCCNC[C@@H](C(=O)N1CCN(c2ncnc3c2[C@H](C)C[C@H]3O)CC1)c1ccc(Cl)cc1. The molecular weight excluding hydrogens is 442 g/mol. The van der Waals surface area contributed by atoms with Crippen molar-refractivity contribution in [3.8, 4) is 0 Å². The highest BCUT2D eigenvalue weighted by Crippen LogP contribution is 2.42. The molecule has 2 aromatic rings. The summed E-state index contributed by atoms with van der Waals surface area (Å²) in [5.74, 6) is 0.938. The number of carbonyl (C=O) groups excluding carboxylic acids is 1. The number of anilines is 1. The molecule has 9 heteroatoms. The number of aromatic nitrogens is 2. The van der Waals surface area contributed by atoms with Gasteiger partial charge in [0.1, 0.15) is 12.1 Å². The van der Waals surface area contributed by atoms with Crippen molar-refractivity contribution in [2.45, 2.75) is 31.3 Å². The lowest BCUT2D eigenvalue weighted by molar-refractivity contribution is -0.133. The smallest absolute Gasteiger partial charge is 0.231 e. The van der Waals surface area contributed by atoms with Crippen LogP contribution in [-0.2, 0) is 9.53 Å². The summed E-state index contributed by atoms with van der Waals surface area (Å²) in [6, 6.07) is 7.51. The Morgan fingerprint density at radius 2 is 1.97 bits per heavy atom. The summed E-state index contributed by atoms with van der Waals surface area (Å²) in [5.41, 5.74) is 2.75. The molecule has 2 aliphatic rings. The maximum Gasteiger partial charge on any atom is 0.231 e. The number of hydrogen-bond acceptors (Lipinski definition) is 7. The number of nitrogens with one attached hydrogen (secondary N) is 1. The molecule has 4 rings (SSSR count). The van der Waals surface area contributed by atoms with Crippen molar-refractivity contribution < 1.29 is 14.6 Å². The number of benzene rings is 1. The van der Waals surface area contributed by atoms with E-state index in [1.54, 1.807) is 7.11 Å². The number of piperazine rings is 1. The molecule has 0 unspecified atom stereocenters. The molecule has 2 heterocycles. The summed E-state index contributed by atoms with van der Waals surface area (Å²) in [7, 11) is 1.66. The summed E-state index contributed by atoms with van der Waals surface area (Å²) >= 11 is 6.06. The number of carbonyl (C=O) groups is 1. The molecule has 1 fully saturated rings. The highest BCUT2D eigenvalue weighted by molar-refractivity contribution is 6.30. The minimum atomic E-state index is -0.523. The van der Waals surface area contributed by atoms with Crippen molar-refractivity contribution in [3.63, 3.8) is 0 Å². The first kappa shape index (κ1) is 23.9. The predicted octanol–water partition coefficient (Wildman–Crippen LogP) is 2.34. The van der Waals surface area contributed by atoms with E-state index in [9.17, 15) is 9.90 Å². The number of rotatable bonds is 8. The third-order valence-corrected chi connectivity index (χ3v) is 6.82. The van der Waals surface area contributed by atoms with Gasteiger partial charge >= 0.3 is 0 Å². The number of aliphatic hydroxyl groups excluding tert-OH is 1. The van der Waals surface area contributed by atoms with Gasteiger partial charge in [-0.3, -0.25) is 4.79 Å². The van der Waals surface area contributed by atoms with E-state index < -0.39 is 6.10 Å². The molecule has 1 aromatic heterocycles. The van der Waals surface area contributed by atoms with Crippen molar-refractivity contribution in [1.82, 2.24) is 20.2 Å². The van der Waals surface area contributed by atoms with Crippen LogP contribution in [0.2, 0.25) is 5.02 Å². The molecule has 3 atom stereocenters. The Hall–Kier alpha value is -2.26. The fraction of sp³-hybridized carbons (Fsp3) is 0.542. The molecule has 1 aliphatic heterocycles. The van der Waals surface area contributed by atoms with E-state index in [-0.39, 0.29) is 17.7 Å². The van der Waals surface area contributed by atoms with Gasteiger partial charge in [0, 0.05) is 57.0 Å². The van der Waals surface area contributed by atoms with Gasteiger partial charge in [0.2, 0.25) is 5.91 Å². The first-order chi connectivity index (χ1) is 16.0. The van der Waals surface area contributed by atoms with Crippen LogP contribution in [0, 0.1) is 0 Å². The number of hydrogen-bond donors (Lipinski definition) is 2. The van der Waals surface area contributed by atoms with Gasteiger partial charge in [0.05, 0.1) is 24.3 Å². The van der Waals surface area contributed by atoms with Crippen LogP contribution in [0.25, 0.3) is 0 Å². The number of methoxy groups -OCH3 is 1. The second-order valence-electron chi connectivity index (χ2n) is 8.76. The van der Waals surface area contributed by atoms with Crippen molar-refractivity contribution in [1.29, 1.82) is 0 Å². The maximum absolute atomic E-state index is 13.5. The van der Waals surface area contributed by atoms with Crippen LogP contribution in [0.3, 0.4) is 0 Å². The number of aliphatic hydroxyl groups is 1. The highest BCUT2D eigenvalue weighted by Gasteiger charge is 2.35. The Kier molecular flexibility index (Phi) is 7.80. The summed E-state index contributed by atoms with van der Waals surface area (Å²) in [6.45, 7) is 6.56. The Bertz CT molecular complexity index is 950. The molecule has 33 heavy (non-hydrogen) atoms. The van der Waals surface area contributed by atoms with Gasteiger partial charge in [-0.2, -0.15) is 0 Å². The van der Waals surface area contributed by atoms with Crippen LogP contribution in [-0.4, -0.2) is 78.9 Å². The Morgan fingerprint density at radius 3 is 2.67 bits per heavy atom. The third kappa shape index (κ3) is 5.30. The average molecular weight is 474 g/mol. The Morgan fingerprint density at radius 1 is 1.24 bits per heavy atom. The van der Waals surface area contributed by atoms with E-state index in [1.807, 2.05) is 29.2 Å². The van der Waals surface area contributed by atoms with Crippen molar-refractivity contribution >= 4 is 23.3 Å². The van der Waals surface area contributed by atoms with E-state index in [0.29, 0.717) is 57.3 Å². The van der Waals surface area contributed by atoms with Gasteiger partial charge in [-0.05, 0) is 30.0 Å². The molecule has 178 valence electrons. The van der Waals surface area contributed by atoms with E-state index in [1.165, 1.54) is 6.33 Å². The van der Waals surface area contributed by atoms with Crippen LogP contribution in [0.5, 0.6) is 0 Å². The molecule has 8 nitrogen and oxygen atoms in total. The van der Waals surface area contributed by atoms with Gasteiger partial charge in [-0.15, -0.1) is 0 Å². The van der Waals surface area contributed by atoms with Gasteiger partial charge in [-0.1, -0.05) is 30.7 Å². The number of nitrogens with zero attached hydrogens (tertiary/aromatic N) is 4. The van der Waals surface area contributed by atoms with Crippen molar-refractivity contribution in [2.75, 3.05) is 57.9 Å². The number of fused-ring (bicyclic) bond motifs is 1. The van der Waals surface area contributed by atoms with E-state index in [2.05, 4.69) is 27.1 Å². The lowest BCUT2D eigenvalue weighted by Crippen LogP contribution is -2.51. The summed E-state index contributed by atoms with van der Waals surface area (Å²) < 4.78 is 5.11. The second-order valence-corrected chi connectivity index (χ2v) is 9.20. The molecule has 0 saturated carbocycles. The molecular formula is C24H32ClN5O3. The molecule has 0 spiro atoms.